The average molecular weight is 425 g/mol. The van der Waals surface area contributed by atoms with Crippen molar-refractivity contribution in [2.24, 2.45) is 0 Å². The fourth-order valence-corrected chi connectivity index (χ4v) is 3.87. The highest BCUT2D eigenvalue weighted by atomic mass is 16.5. The third-order valence-corrected chi connectivity index (χ3v) is 5.56. The second-order valence-corrected chi connectivity index (χ2v) is 7.50. The summed E-state index contributed by atoms with van der Waals surface area (Å²) in [4.78, 5) is 4.95. The van der Waals surface area contributed by atoms with Crippen molar-refractivity contribution in [1.82, 2.24) is 19.8 Å². The molecular weight excluding hydrogens is 402 g/mol. The fourth-order valence-electron chi connectivity index (χ4n) is 3.87. The number of fused-ring (bicyclic) bond motifs is 3. The minimum Gasteiger partial charge on any atom is -0.493 e. The van der Waals surface area contributed by atoms with E-state index in [1.165, 1.54) is 0 Å². The zero-order chi connectivity index (χ0) is 22.1. The van der Waals surface area contributed by atoms with E-state index in [4.69, 9.17) is 14.5 Å². The number of ether oxygens (including phenoxy) is 2. The molecule has 0 unspecified atom stereocenters. The van der Waals surface area contributed by atoms with Crippen LogP contribution in [0.2, 0.25) is 0 Å². The summed E-state index contributed by atoms with van der Waals surface area (Å²) < 4.78 is 12.6. The van der Waals surface area contributed by atoms with Crippen molar-refractivity contribution >= 4 is 22.4 Å². The second kappa shape index (κ2) is 8.19. The van der Waals surface area contributed by atoms with Gasteiger partial charge in [0.1, 0.15) is 11.5 Å². The number of anilines is 1. The van der Waals surface area contributed by atoms with Gasteiger partial charge in [0.2, 0.25) is 0 Å². The normalized spacial score (nSPS) is 12.1. The highest BCUT2D eigenvalue weighted by molar-refractivity contribution is 5.93. The number of hydrogen-bond acceptors (Lipinski definition) is 6. The number of para-hydroxylation sites is 1. The van der Waals surface area contributed by atoms with E-state index < -0.39 is 0 Å². The predicted octanol–water partition coefficient (Wildman–Crippen LogP) is 5.13. The van der Waals surface area contributed by atoms with Gasteiger partial charge in [0.05, 0.1) is 25.8 Å². The Balaban J connectivity index is 1.61. The Morgan fingerprint density at radius 3 is 2.41 bits per heavy atom. The van der Waals surface area contributed by atoms with Gasteiger partial charge in [-0.3, -0.25) is 0 Å². The molecule has 7 nitrogen and oxygen atoms in total. The highest BCUT2D eigenvalue weighted by Gasteiger charge is 2.17. The molecule has 1 atom stereocenters. The molecular formula is C25H23N5O2. The lowest BCUT2D eigenvalue weighted by Gasteiger charge is -2.18. The molecule has 0 aliphatic rings. The Morgan fingerprint density at radius 1 is 0.875 bits per heavy atom. The van der Waals surface area contributed by atoms with E-state index in [1.54, 1.807) is 18.7 Å². The lowest BCUT2D eigenvalue weighted by Crippen LogP contribution is -2.10. The molecule has 0 saturated carbocycles. The van der Waals surface area contributed by atoms with Crippen molar-refractivity contribution in [3.63, 3.8) is 0 Å². The van der Waals surface area contributed by atoms with Crippen LogP contribution in [-0.2, 0) is 0 Å². The van der Waals surface area contributed by atoms with Crippen LogP contribution < -0.4 is 14.8 Å². The number of benzene rings is 3. The molecule has 2 heterocycles. The van der Waals surface area contributed by atoms with Crippen LogP contribution in [0.5, 0.6) is 11.5 Å². The fraction of sp³-hybridized carbons (Fsp3) is 0.160. The average Bonchev–Trinajstić information content (AvgIpc) is 3.28. The van der Waals surface area contributed by atoms with Crippen LogP contribution in [0.15, 0.2) is 72.8 Å². The second-order valence-electron chi connectivity index (χ2n) is 7.50. The SMILES string of the molecule is COc1ccc([C@@H](C)Nc2nc3c(-c4ccccc4)nnn3c3ccccc23)cc1OC. The quantitative estimate of drug-likeness (QED) is 0.406. The molecule has 0 aliphatic carbocycles. The Bertz CT molecular complexity index is 1400. The van der Waals surface area contributed by atoms with E-state index in [2.05, 4.69) is 22.6 Å². The van der Waals surface area contributed by atoms with Crippen LogP contribution >= 0.6 is 0 Å². The molecule has 3 aromatic carbocycles. The number of nitrogens with zero attached hydrogens (tertiary/aromatic N) is 4. The minimum absolute atomic E-state index is 0.0239. The predicted molar refractivity (Wildman–Crippen MR) is 125 cm³/mol. The van der Waals surface area contributed by atoms with E-state index >= 15 is 0 Å². The minimum atomic E-state index is -0.0239. The van der Waals surface area contributed by atoms with Gasteiger partial charge >= 0.3 is 0 Å². The first-order valence-electron chi connectivity index (χ1n) is 10.4. The maximum Gasteiger partial charge on any atom is 0.186 e. The standard InChI is InChI=1S/C25H23N5O2/c1-16(18-13-14-21(31-2)22(15-18)32-3)26-24-19-11-7-8-12-20(19)30-25(27-24)23(28-29-30)17-9-5-4-6-10-17/h4-16H,1-3H3,(H,26,27)/t16-/m1/s1. The van der Waals surface area contributed by atoms with Gasteiger partial charge in [-0.15, -0.1) is 5.10 Å². The molecule has 0 fully saturated rings. The van der Waals surface area contributed by atoms with Crippen molar-refractivity contribution in [2.45, 2.75) is 13.0 Å². The summed E-state index contributed by atoms with van der Waals surface area (Å²) in [6, 6.07) is 23.9. The Morgan fingerprint density at radius 2 is 1.62 bits per heavy atom. The zero-order valence-electron chi connectivity index (χ0n) is 18.1. The summed E-state index contributed by atoms with van der Waals surface area (Å²) in [7, 11) is 3.27. The van der Waals surface area contributed by atoms with Gasteiger partial charge in [-0.1, -0.05) is 53.7 Å². The summed E-state index contributed by atoms with van der Waals surface area (Å²) >= 11 is 0. The van der Waals surface area contributed by atoms with Gasteiger partial charge < -0.3 is 14.8 Å². The molecule has 0 aliphatic heterocycles. The van der Waals surface area contributed by atoms with Crippen LogP contribution in [0.25, 0.3) is 27.8 Å². The van der Waals surface area contributed by atoms with Crippen LogP contribution in [0.4, 0.5) is 5.82 Å². The largest absolute Gasteiger partial charge is 0.493 e. The maximum absolute atomic E-state index is 5.47. The molecule has 5 rings (SSSR count). The van der Waals surface area contributed by atoms with Crippen molar-refractivity contribution in [3.8, 4) is 22.8 Å². The maximum atomic E-state index is 5.47. The summed E-state index contributed by atoms with van der Waals surface area (Å²) in [5.74, 6) is 2.17. The Labute approximate surface area is 185 Å². The van der Waals surface area contributed by atoms with Crippen LogP contribution in [0.3, 0.4) is 0 Å². The molecule has 0 saturated heterocycles. The smallest absolute Gasteiger partial charge is 0.186 e. The number of aromatic nitrogens is 4. The van der Waals surface area contributed by atoms with Crippen LogP contribution in [0.1, 0.15) is 18.5 Å². The molecule has 1 N–H and O–H groups in total. The summed E-state index contributed by atoms with van der Waals surface area (Å²) in [6.45, 7) is 2.09. The van der Waals surface area contributed by atoms with Crippen molar-refractivity contribution < 1.29 is 9.47 Å². The number of hydrogen-bond donors (Lipinski definition) is 1. The van der Waals surface area contributed by atoms with E-state index in [0.29, 0.717) is 17.1 Å². The first kappa shape index (κ1) is 19.8. The van der Waals surface area contributed by atoms with Gasteiger partial charge in [0.15, 0.2) is 17.1 Å². The first-order chi connectivity index (χ1) is 15.7. The third-order valence-electron chi connectivity index (χ3n) is 5.56. The van der Waals surface area contributed by atoms with Gasteiger partial charge in [0.25, 0.3) is 0 Å². The molecule has 0 radical (unpaired) electrons. The summed E-state index contributed by atoms with van der Waals surface area (Å²) in [5.41, 5.74) is 4.43. The van der Waals surface area contributed by atoms with E-state index in [9.17, 15) is 0 Å². The molecule has 32 heavy (non-hydrogen) atoms. The molecule has 2 aromatic heterocycles. The lowest BCUT2D eigenvalue weighted by molar-refractivity contribution is 0.354. The Hall–Kier alpha value is -4.13. The van der Waals surface area contributed by atoms with Crippen LogP contribution in [-0.4, -0.2) is 34.0 Å². The van der Waals surface area contributed by atoms with Crippen molar-refractivity contribution in [3.05, 3.63) is 78.4 Å². The van der Waals surface area contributed by atoms with Crippen LogP contribution in [0, 0.1) is 0 Å². The number of rotatable bonds is 6. The molecule has 7 heteroatoms. The zero-order valence-corrected chi connectivity index (χ0v) is 18.1. The monoisotopic (exact) mass is 425 g/mol. The van der Waals surface area contributed by atoms with E-state index in [1.807, 2.05) is 72.8 Å². The third kappa shape index (κ3) is 3.37. The van der Waals surface area contributed by atoms with Crippen molar-refractivity contribution in [2.75, 3.05) is 19.5 Å². The topological polar surface area (TPSA) is 73.6 Å². The summed E-state index contributed by atoms with van der Waals surface area (Å²) in [5, 5.41) is 13.4. The van der Waals surface area contributed by atoms with Gasteiger partial charge in [0, 0.05) is 10.9 Å². The highest BCUT2D eigenvalue weighted by Crippen LogP contribution is 2.33. The first-order valence-corrected chi connectivity index (χ1v) is 10.4. The summed E-state index contributed by atoms with van der Waals surface area (Å²) in [6.07, 6.45) is 0. The van der Waals surface area contributed by atoms with Crippen molar-refractivity contribution in [1.29, 1.82) is 0 Å². The molecule has 0 spiro atoms. The Kier molecular flexibility index (Phi) is 5.07. The van der Waals surface area contributed by atoms with Gasteiger partial charge in [-0.25, -0.2) is 4.98 Å². The molecule has 160 valence electrons. The molecule has 0 bridgehead atoms. The number of methoxy groups -OCH3 is 2. The lowest BCUT2D eigenvalue weighted by atomic mass is 10.1. The van der Waals surface area contributed by atoms with E-state index in [0.717, 1.165) is 33.5 Å². The van der Waals surface area contributed by atoms with E-state index in [-0.39, 0.29) is 6.04 Å². The molecule has 0 amide bonds. The van der Waals surface area contributed by atoms with Gasteiger partial charge in [-0.2, -0.15) is 4.52 Å². The molecule has 5 aromatic rings. The van der Waals surface area contributed by atoms with Gasteiger partial charge in [-0.05, 0) is 36.8 Å². The number of nitrogens with one attached hydrogen (secondary N) is 1.